The lowest BCUT2D eigenvalue weighted by atomic mass is 9.71. The lowest BCUT2D eigenvalue weighted by Gasteiger charge is -2.33. The zero-order valence-electron chi connectivity index (χ0n) is 21.2. The van der Waals surface area contributed by atoms with Crippen LogP contribution in [0.3, 0.4) is 0 Å². The van der Waals surface area contributed by atoms with Crippen molar-refractivity contribution in [3.8, 4) is 11.4 Å². The summed E-state index contributed by atoms with van der Waals surface area (Å²) in [4.78, 5) is 2.08. The average molecular weight is 464 g/mol. The maximum absolute atomic E-state index is 11.8. The molecule has 0 radical (unpaired) electrons. The minimum absolute atomic E-state index is 0.230. The topological polar surface area (TPSA) is 34.0 Å². The predicted octanol–water partition coefficient (Wildman–Crippen LogP) is 7.25. The molecule has 0 bridgehead atoms. The molecule has 1 aliphatic carbocycles. The Bertz CT molecular complexity index is 1540. The molecule has 6 rings (SSSR count). The van der Waals surface area contributed by atoms with Crippen molar-refractivity contribution in [1.82, 2.24) is 14.1 Å². The SMILES string of the molecule is CC1C=CC(C(C)(C)c2cc(C(C)(C)c3ccccc3)cc(-n3n4c5ccccc5n34)c2O)=CC1. The van der Waals surface area contributed by atoms with Crippen molar-refractivity contribution in [3.63, 3.8) is 0 Å². The molecule has 0 amide bonds. The number of aromatic nitrogens is 3. The Morgan fingerprint density at radius 3 is 2.03 bits per heavy atom. The zero-order valence-corrected chi connectivity index (χ0v) is 21.2. The molecule has 3 aromatic carbocycles. The third-order valence-corrected chi connectivity index (χ3v) is 8.05. The van der Waals surface area contributed by atoms with Gasteiger partial charge in [0.05, 0.1) is 0 Å². The molecule has 0 saturated carbocycles. The lowest BCUT2D eigenvalue weighted by Crippen LogP contribution is -2.24. The second-order valence-electron chi connectivity index (χ2n) is 11.1. The van der Waals surface area contributed by atoms with E-state index in [-0.39, 0.29) is 10.8 Å². The third-order valence-electron chi connectivity index (χ3n) is 8.05. The van der Waals surface area contributed by atoms with E-state index in [4.69, 9.17) is 0 Å². The molecule has 0 spiro atoms. The highest BCUT2D eigenvalue weighted by atomic mass is 16.3. The summed E-state index contributed by atoms with van der Waals surface area (Å²) in [6, 6.07) is 23.4. The van der Waals surface area contributed by atoms with E-state index < -0.39 is 0 Å². The van der Waals surface area contributed by atoms with Crippen molar-refractivity contribution < 1.29 is 5.11 Å². The van der Waals surface area contributed by atoms with Gasteiger partial charge in [0.1, 0.15) is 22.5 Å². The highest BCUT2D eigenvalue weighted by Crippen LogP contribution is 2.46. The van der Waals surface area contributed by atoms with E-state index in [1.165, 1.54) is 16.7 Å². The van der Waals surface area contributed by atoms with Gasteiger partial charge >= 0.3 is 0 Å². The number of phenolic OH excluding ortho intramolecular Hbond substituents is 1. The number of para-hydroxylation sites is 2. The fourth-order valence-electron chi connectivity index (χ4n) is 5.47. The minimum Gasteiger partial charge on any atom is -0.505 e. The molecule has 2 heterocycles. The number of rotatable bonds is 5. The van der Waals surface area contributed by atoms with Crippen LogP contribution in [0.1, 0.15) is 57.7 Å². The van der Waals surface area contributed by atoms with Gasteiger partial charge in [0.2, 0.25) is 0 Å². The number of benzene rings is 3. The Hall–Kier alpha value is -3.66. The number of hydrogen-bond donors (Lipinski definition) is 1. The van der Waals surface area contributed by atoms with E-state index in [1.807, 2.05) is 0 Å². The van der Waals surface area contributed by atoms with Crippen LogP contribution in [0.5, 0.6) is 5.75 Å². The van der Waals surface area contributed by atoms with Crippen molar-refractivity contribution in [3.05, 3.63) is 107 Å². The molecule has 178 valence electrons. The molecular formula is C31H33N3O. The van der Waals surface area contributed by atoms with Crippen LogP contribution in [-0.4, -0.2) is 19.2 Å². The summed E-state index contributed by atoms with van der Waals surface area (Å²) in [6.45, 7) is 11.2. The fraction of sp³-hybridized carbons (Fsp3) is 0.290. The average Bonchev–Trinajstić information content (AvgIpc) is 3.51. The van der Waals surface area contributed by atoms with Gasteiger partial charge in [-0.05, 0) is 47.2 Å². The van der Waals surface area contributed by atoms with Crippen LogP contribution in [0, 0.1) is 5.92 Å². The predicted molar refractivity (Wildman–Crippen MR) is 143 cm³/mol. The van der Waals surface area contributed by atoms with E-state index in [0.29, 0.717) is 11.7 Å². The molecule has 0 fully saturated rings. The summed E-state index contributed by atoms with van der Waals surface area (Å²) >= 11 is 0. The molecule has 1 atom stereocenters. The highest BCUT2D eigenvalue weighted by molar-refractivity contribution is 5.79. The number of aromatic hydroxyl groups is 1. The maximum atomic E-state index is 11.8. The summed E-state index contributed by atoms with van der Waals surface area (Å²) in [5, 5.41) is 11.8. The molecule has 1 N–H and O–H groups in total. The lowest BCUT2D eigenvalue weighted by molar-refractivity contribution is 0.447. The molecular weight excluding hydrogens is 430 g/mol. The molecule has 4 heteroatoms. The van der Waals surface area contributed by atoms with Crippen LogP contribution in [0.4, 0.5) is 0 Å². The van der Waals surface area contributed by atoms with Gasteiger partial charge in [-0.3, -0.25) is 0 Å². The van der Waals surface area contributed by atoms with Crippen LogP contribution < -0.4 is 0 Å². The summed E-state index contributed by atoms with van der Waals surface area (Å²) in [7, 11) is 0. The zero-order chi connectivity index (χ0) is 24.5. The standard InChI is InChI=1S/C31H33N3O/c1-21-15-17-23(18-16-21)31(4,5)25-19-24(30(2,3)22-11-7-6-8-12-22)20-28(29(25)35)34-32-26-13-9-10-14-27(26)33(32)34/h6-15,17-21,35H,16H2,1-5H3. The van der Waals surface area contributed by atoms with Crippen LogP contribution in [0.25, 0.3) is 16.7 Å². The second-order valence-corrected chi connectivity index (χ2v) is 11.1. The first kappa shape index (κ1) is 21.8. The Morgan fingerprint density at radius 2 is 1.43 bits per heavy atom. The van der Waals surface area contributed by atoms with Crippen LogP contribution in [-0.2, 0) is 10.8 Å². The molecule has 1 aliphatic rings. The Balaban J connectivity index is 1.57. The Kier molecular flexibility index (Phi) is 4.63. The number of allylic oxidation sites excluding steroid dienone is 4. The first-order chi connectivity index (χ1) is 16.7. The normalized spacial score (nSPS) is 17.1. The molecule has 4 nitrogen and oxygen atoms in total. The van der Waals surface area contributed by atoms with Crippen molar-refractivity contribution in [2.24, 2.45) is 5.92 Å². The van der Waals surface area contributed by atoms with Crippen molar-refractivity contribution in [1.29, 1.82) is 0 Å². The Morgan fingerprint density at radius 1 is 0.800 bits per heavy atom. The second kappa shape index (κ2) is 7.42. The number of hydrogen-bond acceptors (Lipinski definition) is 1. The number of nitrogens with zero attached hydrogens (tertiary/aromatic N) is 3. The van der Waals surface area contributed by atoms with Crippen molar-refractivity contribution in [2.75, 3.05) is 0 Å². The van der Waals surface area contributed by atoms with E-state index >= 15 is 0 Å². The van der Waals surface area contributed by atoms with Crippen molar-refractivity contribution in [2.45, 2.75) is 51.9 Å². The van der Waals surface area contributed by atoms with Gasteiger partial charge in [0.15, 0.2) is 0 Å². The highest BCUT2D eigenvalue weighted by Gasteiger charge is 2.35. The quantitative estimate of drug-likeness (QED) is 0.293. The molecule has 1 unspecified atom stereocenters. The molecule has 5 aromatic rings. The third kappa shape index (κ3) is 3.19. The Labute approximate surface area is 206 Å². The van der Waals surface area contributed by atoms with Crippen LogP contribution >= 0.6 is 0 Å². The van der Waals surface area contributed by atoms with Gasteiger partial charge in [-0.2, -0.15) is 0 Å². The summed E-state index contributed by atoms with van der Waals surface area (Å²) in [6.07, 6.45) is 7.89. The van der Waals surface area contributed by atoms with Gasteiger partial charge in [-0.1, -0.05) is 101 Å². The van der Waals surface area contributed by atoms with Crippen molar-refractivity contribution >= 4 is 11.0 Å². The van der Waals surface area contributed by atoms with Gasteiger partial charge in [0, 0.05) is 16.4 Å². The fourth-order valence-corrected chi connectivity index (χ4v) is 5.47. The summed E-state index contributed by atoms with van der Waals surface area (Å²) < 4.78 is 4.23. The van der Waals surface area contributed by atoms with Crippen LogP contribution in [0.15, 0.2) is 90.5 Å². The molecule has 0 saturated heterocycles. The first-order valence-electron chi connectivity index (χ1n) is 12.5. The largest absolute Gasteiger partial charge is 0.505 e. The van der Waals surface area contributed by atoms with E-state index in [2.05, 4.69) is 134 Å². The number of fused-ring (bicyclic) bond motifs is 4. The summed E-state index contributed by atoms with van der Waals surface area (Å²) in [5.74, 6) is 0.894. The van der Waals surface area contributed by atoms with Gasteiger partial charge < -0.3 is 5.11 Å². The first-order valence-corrected chi connectivity index (χ1v) is 12.5. The van der Waals surface area contributed by atoms with Gasteiger partial charge in [0.25, 0.3) is 0 Å². The maximum Gasteiger partial charge on any atom is 0.147 e. The van der Waals surface area contributed by atoms with E-state index in [0.717, 1.165) is 28.7 Å². The van der Waals surface area contributed by atoms with Gasteiger partial charge in [-0.15, -0.1) is 14.1 Å². The minimum atomic E-state index is -0.342. The summed E-state index contributed by atoms with van der Waals surface area (Å²) in [5.41, 5.74) is 7.22. The van der Waals surface area contributed by atoms with Crippen LogP contribution in [0.2, 0.25) is 0 Å². The van der Waals surface area contributed by atoms with E-state index in [1.54, 1.807) is 0 Å². The monoisotopic (exact) mass is 463 g/mol. The van der Waals surface area contributed by atoms with E-state index in [9.17, 15) is 5.11 Å². The number of phenols is 1. The molecule has 0 aliphatic heterocycles. The smallest absolute Gasteiger partial charge is 0.147 e. The molecule has 2 aromatic heterocycles. The van der Waals surface area contributed by atoms with Gasteiger partial charge in [-0.25, -0.2) is 0 Å². The molecule has 35 heavy (non-hydrogen) atoms.